The lowest BCUT2D eigenvalue weighted by atomic mass is 10.0. The van der Waals surface area contributed by atoms with Crippen LogP contribution in [0.2, 0.25) is 0 Å². The molecule has 202 valence electrons. The summed E-state index contributed by atoms with van der Waals surface area (Å²) in [6.45, 7) is 4.19. The zero-order chi connectivity index (χ0) is 27.5. The number of ether oxygens (including phenoxy) is 1. The molecule has 2 aliphatic heterocycles. The van der Waals surface area contributed by atoms with Crippen LogP contribution in [0.5, 0.6) is 5.75 Å². The van der Waals surface area contributed by atoms with Crippen LogP contribution in [-0.4, -0.2) is 64.7 Å². The van der Waals surface area contributed by atoms with E-state index < -0.39 is 24.2 Å². The second-order valence-electron chi connectivity index (χ2n) is 10.3. The number of benzene rings is 2. The summed E-state index contributed by atoms with van der Waals surface area (Å²) in [7, 11) is 0. The summed E-state index contributed by atoms with van der Waals surface area (Å²) in [6.07, 6.45) is 0.304. The Hall–Kier alpha value is -3.98. The van der Waals surface area contributed by atoms with E-state index in [2.05, 4.69) is 5.32 Å². The fourth-order valence-corrected chi connectivity index (χ4v) is 6.22. The average molecular weight is 546 g/mol. The van der Waals surface area contributed by atoms with Gasteiger partial charge in [-0.05, 0) is 48.6 Å². The van der Waals surface area contributed by atoms with Crippen molar-refractivity contribution in [2.75, 3.05) is 13.1 Å². The molecule has 3 unspecified atom stereocenters. The molecule has 2 saturated heterocycles. The minimum absolute atomic E-state index is 0.108. The molecule has 8 nitrogen and oxygen atoms in total. The van der Waals surface area contributed by atoms with Crippen molar-refractivity contribution >= 4 is 35.0 Å². The first kappa shape index (κ1) is 26.6. The predicted octanol–water partition coefficient (Wildman–Crippen LogP) is 4.61. The van der Waals surface area contributed by atoms with Gasteiger partial charge in [0.1, 0.15) is 17.8 Å². The monoisotopic (exact) mass is 545 g/mol. The lowest BCUT2D eigenvalue weighted by Gasteiger charge is -2.29. The molecule has 0 bridgehead atoms. The van der Waals surface area contributed by atoms with Gasteiger partial charge in [0.25, 0.3) is 5.91 Å². The predicted molar refractivity (Wildman–Crippen MR) is 149 cm³/mol. The van der Waals surface area contributed by atoms with Crippen LogP contribution in [0.1, 0.15) is 36.4 Å². The van der Waals surface area contributed by atoms with E-state index in [9.17, 15) is 19.2 Å². The first-order chi connectivity index (χ1) is 18.8. The maximum absolute atomic E-state index is 13.8. The van der Waals surface area contributed by atoms with Crippen LogP contribution in [0.3, 0.4) is 0 Å². The van der Waals surface area contributed by atoms with Crippen molar-refractivity contribution in [2.45, 2.75) is 44.8 Å². The SMILES string of the molecule is CC(C)CC(NC(=O)c1ccc(-c2ccccc2)s1)C(=O)N1CCC2C1C(=O)CN2C(=O)Oc1ccccc1. The highest BCUT2D eigenvalue weighted by Crippen LogP contribution is 2.32. The average Bonchev–Trinajstić information content (AvgIpc) is 3.66. The van der Waals surface area contributed by atoms with Crippen molar-refractivity contribution in [3.05, 3.63) is 77.7 Å². The molecule has 0 radical (unpaired) electrons. The van der Waals surface area contributed by atoms with E-state index in [1.807, 2.05) is 56.3 Å². The molecule has 9 heteroatoms. The molecule has 2 aromatic carbocycles. The fourth-order valence-electron chi connectivity index (χ4n) is 5.30. The van der Waals surface area contributed by atoms with Crippen LogP contribution in [0.25, 0.3) is 10.4 Å². The van der Waals surface area contributed by atoms with Gasteiger partial charge in [-0.1, -0.05) is 62.4 Å². The number of para-hydroxylation sites is 1. The molecule has 1 aromatic heterocycles. The van der Waals surface area contributed by atoms with Crippen molar-refractivity contribution in [1.82, 2.24) is 15.1 Å². The van der Waals surface area contributed by atoms with E-state index in [-0.39, 0.29) is 30.1 Å². The third-order valence-electron chi connectivity index (χ3n) is 7.09. The lowest BCUT2D eigenvalue weighted by Crippen LogP contribution is -2.53. The number of hydrogen-bond acceptors (Lipinski definition) is 6. The number of hydrogen-bond donors (Lipinski definition) is 1. The third-order valence-corrected chi connectivity index (χ3v) is 8.22. The van der Waals surface area contributed by atoms with Crippen LogP contribution in [0, 0.1) is 5.92 Å². The molecule has 3 heterocycles. The maximum atomic E-state index is 13.8. The Kier molecular flexibility index (Phi) is 7.79. The summed E-state index contributed by atoms with van der Waals surface area (Å²) in [5.74, 6) is -0.277. The number of amides is 3. The topological polar surface area (TPSA) is 96.0 Å². The van der Waals surface area contributed by atoms with Gasteiger partial charge in [-0.2, -0.15) is 0 Å². The van der Waals surface area contributed by atoms with Crippen molar-refractivity contribution in [1.29, 1.82) is 0 Å². The first-order valence-electron chi connectivity index (χ1n) is 13.1. The second kappa shape index (κ2) is 11.4. The number of nitrogens with one attached hydrogen (secondary N) is 1. The van der Waals surface area contributed by atoms with Crippen LogP contribution in [0.15, 0.2) is 72.8 Å². The third kappa shape index (κ3) is 5.73. The zero-order valence-corrected chi connectivity index (χ0v) is 22.7. The standard InChI is InChI=1S/C30H31N3O5S/c1-19(2)17-22(31-28(35)26-14-13-25(39-26)20-9-5-3-6-10-20)29(36)32-16-15-23-27(32)24(34)18-33(23)30(37)38-21-11-7-4-8-12-21/h3-14,19,22-23,27H,15-18H2,1-2H3,(H,31,35). The highest BCUT2D eigenvalue weighted by molar-refractivity contribution is 7.17. The van der Waals surface area contributed by atoms with E-state index in [0.29, 0.717) is 30.0 Å². The number of thiophene rings is 1. The summed E-state index contributed by atoms with van der Waals surface area (Å²) in [4.78, 5) is 57.3. The van der Waals surface area contributed by atoms with Crippen molar-refractivity contribution in [2.24, 2.45) is 5.92 Å². The van der Waals surface area contributed by atoms with Crippen LogP contribution >= 0.6 is 11.3 Å². The maximum Gasteiger partial charge on any atom is 0.415 e. The molecule has 2 fully saturated rings. The molecule has 39 heavy (non-hydrogen) atoms. The number of likely N-dealkylation sites (tertiary alicyclic amines) is 2. The molecule has 3 aromatic rings. The number of fused-ring (bicyclic) bond motifs is 1. The Bertz CT molecular complexity index is 1360. The summed E-state index contributed by atoms with van der Waals surface area (Å²) >= 11 is 1.37. The van der Waals surface area contributed by atoms with Crippen molar-refractivity contribution in [3.8, 4) is 16.2 Å². The normalized spacial score (nSPS) is 19.2. The van der Waals surface area contributed by atoms with E-state index in [1.165, 1.54) is 16.2 Å². The van der Waals surface area contributed by atoms with E-state index in [4.69, 9.17) is 4.74 Å². The van der Waals surface area contributed by atoms with E-state index >= 15 is 0 Å². The molecule has 2 aliphatic rings. The number of Topliss-reactive ketones (excluding diaryl/α,β-unsaturated/α-hetero) is 1. The van der Waals surface area contributed by atoms with Gasteiger partial charge < -0.3 is 15.0 Å². The first-order valence-corrected chi connectivity index (χ1v) is 14.0. The number of carbonyl (C=O) groups excluding carboxylic acids is 4. The largest absolute Gasteiger partial charge is 0.415 e. The zero-order valence-electron chi connectivity index (χ0n) is 21.9. The van der Waals surface area contributed by atoms with Gasteiger partial charge in [-0.3, -0.25) is 19.3 Å². The number of carbonyl (C=O) groups is 4. The minimum atomic E-state index is -0.781. The van der Waals surface area contributed by atoms with Crippen LogP contribution in [0.4, 0.5) is 4.79 Å². The van der Waals surface area contributed by atoms with Crippen molar-refractivity contribution < 1.29 is 23.9 Å². The molecule has 0 saturated carbocycles. The Balaban J connectivity index is 1.28. The summed E-state index contributed by atoms with van der Waals surface area (Å²) in [5, 5.41) is 2.93. The second-order valence-corrected chi connectivity index (χ2v) is 11.4. The molecule has 3 atom stereocenters. The van der Waals surface area contributed by atoms with Gasteiger partial charge in [-0.25, -0.2) is 4.79 Å². The Morgan fingerprint density at radius 1 is 0.974 bits per heavy atom. The van der Waals surface area contributed by atoms with E-state index in [0.717, 1.165) is 10.4 Å². The lowest BCUT2D eigenvalue weighted by molar-refractivity contribution is -0.138. The highest BCUT2D eigenvalue weighted by atomic mass is 32.1. The van der Waals surface area contributed by atoms with Crippen LogP contribution in [-0.2, 0) is 9.59 Å². The van der Waals surface area contributed by atoms with Gasteiger partial charge in [-0.15, -0.1) is 11.3 Å². The molecule has 3 amide bonds. The fraction of sp³-hybridized carbons (Fsp3) is 0.333. The van der Waals surface area contributed by atoms with Gasteiger partial charge in [0.2, 0.25) is 5.91 Å². The number of rotatable bonds is 7. The summed E-state index contributed by atoms with van der Waals surface area (Å²) in [6, 6.07) is 20.2. The summed E-state index contributed by atoms with van der Waals surface area (Å²) in [5.41, 5.74) is 1.02. The highest BCUT2D eigenvalue weighted by Gasteiger charge is 2.52. The van der Waals surface area contributed by atoms with Gasteiger partial charge >= 0.3 is 6.09 Å². The molecule has 5 rings (SSSR count). The molecular formula is C30H31N3O5S. The minimum Gasteiger partial charge on any atom is -0.410 e. The van der Waals surface area contributed by atoms with E-state index in [1.54, 1.807) is 35.2 Å². The number of nitrogens with zero attached hydrogens (tertiary/aromatic N) is 2. The van der Waals surface area contributed by atoms with Crippen molar-refractivity contribution in [3.63, 3.8) is 0 Å². The molecule has 0 aliphatic carbocycles. The Morgan fingerprint density at radius 2 is 1.67 bits per heavy atom. The Labute approximate surface area is 231 Å². The van der Waals surface area contributed by atoms with Gasteiger partial charge in [0.15, 0.2) is 5.78 Å². The molecule has 0 spiro atoms. The summed E-state index contributed by atoms with van der Waals surface area (Å²) < 4.78 is 5.46. The molecular weight excluding hydrogens is 514 g/mol. The van der Waals surface area contributed by atoms with Gasteiger partial charge in [0, 0.05) is 11.4 Å². The quantitative estimate of drug-likeness (QED) is 0.468. The Morgan fingerprint density at radius 3 is 2.36 bits per heavy atom. The van der Waals surface area contributed by atoms with Gasteiger partial charge in [0.05, 0.1) is 17.5 Å². The smallest absolute Gasteiger partial charge is 0.410 e. The number of ketones is 1. The molecule has 1 N–H and O–H groups in total. The van der Waals surface area contributed by atoms with Crippen LogP contribution < -0.4 is 10.1 Å².